The molecule has 0 aliphatic carbocycles. The van der Waals surface area contributed by atoms with Gasteiger partial charge in [0, 0.05) is 18.4 Å². The van der Waals surface area contributed by atoms with Gasteiger partial charge in [-0.15, -0.1) is 0 Å². The van der Waals surface area contributed by atoms with Crippen LogP contribution in [0.4, 0.5) is 0 Å². The number of methoxy groups -OCH3 is 2. The van der Waals surface area contributed by atoms with E-state index in [1.807, 2.05) is 0 Å². The Labute approximate surface area is 154 Å². The fraction of sp³-hybridized carbons (Fsp3) is 0.400. The molecule has 128 valence electrons. The molecule has 2 aliphatic heterocycles. The molecular weight excluding hydrogens is 366 g/mol. The number of hydrogen-bond donors (Lipinski definition) is 0. The molecule has 2 aliphatic rings. The summed E-state index contributed by atoms with van der Waals surface area (Å²) >= 11 is 0. The monoisotopic (exact) mass is 389 g/mol. The van der Waals surface area contributed by atoms with Crippen molar-refractivity contribution in [2.45, 2.75) is 25.4 Å². The second kappa shape index (κ2) is 6.41. The van der Waals surface area contributed by atoms with Crippen LogP contribution in [0.2, 0.25) is 0 Å². The highest BCUT2D eigenvalue weighted by Gasteiger charge is 2.43. The topological polar surface area (TPSA) is 18.5 Å². The Balaban J connectivity index is 0.00000169. The highest BCUT2D eigenvalue weighted by Crippen LogP contribution is 2.45. The summed E-state index contributed by atoms with van der Waals surface area (Å²) in [6.45, 7) is 2.22. The van der Waals surface area contributed by atoms with Crippen LogP contribution in [0.1, 0.15) is 28.3 Å². The number of hydrogen-bond acceptors (Lipinski definition) is 2. The number of likely N-dealkylation sites (N-methyl/N-ethyl adjacent to an activating group) is 1. The van der Waals surface area contributed by atoms with Gasteiger partial charge in [0.15, 0.2) is 0 Å². The Morgan fingerprint density at radius 1 is 1.04 bits per heavy atom. The maximum absolute atomic E-state index is 5.61. The van der Waals surface area contributed by atoms with E-state index in [9.17, 15) is 0 Å². The molecule has 4 rings (SSSR count). The Bertz CT molecular complexity index is 761. The van der Waals surface area contributed by atoms with Gasteiger partial charge in [0.05, 0.1) is 33.4 Å². The zero-order valence-corrected chi connectivity index (χ0v) is 16.1. The quantitative estimate of drug-likeness (QED) is 0.696. The molecule has 24 heavy (non-hydrogen) atoms. The molecule has 0 N–H and O–H groups in total. The maximum atomic E-state index is 5.61. The molecule has 2 atom stereocenters. The summed E-state index contributed by atoms with van der Waals surface area (Å²) < 4.78 is 12.1. The van der Waals surface area contributed by atoms with Crippen LogP contribution in [0.3, 0.4) is 0 Å². The minimum atomic E-state index is 0. The van der Waals surface area contributed by atoms with Crippen molar-refractivity contribution < 1.29 is 30.9 Å². The SMILES string of the molecule is COc1ccc2c(c1)CC[N+]1(C)Cc3c(cccc3OC)CC21.[Br-]. The van der Waals surface area contributed by atoms with E-state index in [1.54, 1.807) is 14.2 Å². The van der Waals surface area contributed by atoms with Crippen LogP contribution in [0.15, 0.2) is 36.4 Å². The molecule has 0 amide bonds. The van der Waals surface area contributed by atoms with Crippen LogP contribution < -0.4 is 26.5 Å². The Kier molecular flexibility index (Phi) is 4.63. The number of benzene rings is 2. The summed E-state index contributed by atoms with van der Waals surface area (Å²) in [6.07, 6.45) is 2.20. The molecule has 0 saturated carbocycles. The first kappa shape index (κ1) is 17.3. The predicted octanol–water partition coefficient (Wildman–Crippen LogP) is 0.508. The summed E-state index contributed by atoms with van der Waals surface area (Å²) in [7, 11) is 5.92. The van der Waals surface area contributed by atoms with E-state index in [-0.39, 0.29) is 17.0 Å². The summed E-state index contributed by atoms with van der Waals surface area (Å²) in [5, 5.41) is 0. The molecule has 2 unspecified atom stereocenters. The number of halogens is 1. The van der Waals surface area contributed by atoms with E-state index in [0.29, 0.717) is 6.04 Å². The van der Waals surface area contributed by atoms with Gasteiger partial charge >= 0.3 is 0 Å². The van der Waals surface area contributed by atoms with Crippen LogP contribution in [0, 0.1) is 0 Å². The van der Waals surface area contributed by atoms with Gasteiger partial charge in [0.2, 0.25) is 0 Å². The van der Waals surface area contributed by atoms with Gasteiger partial charge in [0.1, 0.15) is 24.1 Å². The number of rotatable bonds is 2. The Morgan fingerprint density at radius 2 is 1.88 bits per heavy atom. The Morgan fingerprint density at radius 3 is 2.62 bits per heavy atom. The highest BCUT2D eigenvalue weighted by molar-refractivity contribution is 5.44. The lowest BCUT2D eigenvalue weighted by molar-refractivity contribution is -0.956. The molecule has 0 bridgehead atoms. The van der Waals surface area contributed by atoms with Crippen molar-refractivity contribution in [1.82, 2.24) is 0 Å². The van der Waals surface area contributed by atoms with Crippen molar-refractivity contribution in [3.63, 3.8) is 0 Å². The number of quaternary nitrogens is 1. The normalized spacial score (nSPS) is 24.0. The first-order valence-corrected chi connectivity index (χ1v) is 8.30. The van der Waals surface area contributed by atoms with Gasteiger partial charge in [-0.05, 0) is 35.4 Å². The molecular formula is C20H24BrNO2. The maximum Gasteiger partial charge on any atom is 0.127 e. The fourth-order valence-electron chi connectivity index (χ4n) is 4.38. The van der Waals surface area contributed by atoms with Crippen LogP contribution in [-0.4, -0.2) is 32.3 Å². The van der Waals surface area contributed by atoms with Crippen molar-refractivity contribution in [2.24, 2.45) is 0 Å². The van der Waals surface area contributed by atoms with E-state index in [1.165, 1.54) is 28.8 Å². The van der Waals surface area contributed by atoms with Crippen molar-refractivity contribution in [2.75, 3.05) is 27.8 Å². The van der Waals surface area contributed by atoms with Gasteiger partial charge in [-0.2, -0.15) is 0 Å². The molecule has 4 heteroatoms. The summed E-state index contributed by atoms with van der Waals surface area (Å²) in [4.78, 5) is 0. The zero-order chi connectivity index (χ0) is 16.0. The van der Waals surface area contributed by atoms with Crippen LogP contribution >= 0.6 is 0 Å². The molecule has 0 fully saturated rings. The van der Waals surface area contributed by atoms with Crippen molar-refractivity contribution in [3.8, 4) is 11.5 Å². The molecule has 0 spiro atoms. The van der Waals surface area contributed by atoms with E-state index in [4.69, 9.17) is 9.47 Å². The lowest BCUT2D eigenvalue weighted by atomic mass is 9.82. The van der Waals surface area contributed by atoms with Gasteiger partial charge in [-0.25, -0.2) is 0 Å². The van der Waals surface area contributed by atoms with Crippen molar-refractivity contribution in [1.29, 1.82) is 0 Å². The molecule has 0 aromatic heterocycles. The smallest absolute Gasteiger partial charge is 0.127 e. The van der Waals surface area contributed by atoms with Crippen LogP contribution in [0.25, 0.3) is 0 Å². The molecule has 0 saturated heterocycles. The third-order valence-electron chi connectivity index (χ3n) is 5.74. The van der Waals surface area contributed by atoms with Crippen molar-refractivity contribution in [3.05, 3.63) is 58.7 Å². The molecule has 0 radical (unpaired) electrons. The van der Waals surface area contributed by atoms with Gasteiger partial charge in [-0.1, -0.05) is 12.1 Å². The summed E-state index contributed by atoms with van der Waals surface area (Å²) in [5.41, 5.74) is 5.78. The molecule has 2 aromatic rings. The van der Waals surface area contributed by atoms with E-state index >= 15 is 0 Å². The predicted molar refractivity (Wildman–Crippen MR) is 90.9 cm³/mol. The van der Waals surface area contributed by atoms with Crippen LogP contribution in [-0.2, 0) is 19.4 Å². The van der Waals surface area contributed by atoms with E-state index in [2.05, 4.69) is 43.4 Å². The second-order valence-electron chi connectivity index (χ2n) is 6.99. The van der Waals surface area contributed by atoms with Gasteiger partial charge in [0.25, 0.3) is 0 Å². The minimum absolute atomic E-state index is 0. The number of fused-ring (bicyclic) bond motifs is 4. The highest BCUT2D eigenvalue weighted by atomic mass is 79.9. The number of ether oxygens (including phenoxy) is 2. The first-order chi connectivity index (χ1) is 11.1. The first-order valence-electron chi connectivity index (χ1n) is 8.30. The van der Waals surface area contributed by atoms with Gasteiger partial charge in [-0.3, -0.25) is 0 Å². The van der Waals surface area contributed by atoms with E-state index < -0.39 is 0 Å². The lowest BCUT2D eigenvalue weighted by Crippen LogP contribution is -3.00. The number of nitrogens with zero attached hydrogens (tertiary/aromatic N) is 1. The zero-order valence-electron chi connectivity index (χ0n) is 14.5. The summed E-state index contributed by atoms with van der Waals surface area (Å²) in [6, 6.07) is 13.6. The Hall–Kier alpha value is -1.52. The second-order valence-corrected chi connectivity index (χ2v) is 6.99. The standard InChI is InChI=1S/C20H24NO2.BrH/c1-21-10-9-15-11-16(22-2)7-8-17(15)19(21)12-14-5-4-6-20(23-3)18(14)13-21;/h4-8,11,19H,9-10,12-13H2,1-3H3;1H/q+1;/p-1. The molecule has 2 aromatic carbocycles. The average molecular weight is 390 g/mol. The third-order valence-corrected chi connectivity index (χ3v) is 5.74. The van der Waals surface area contributed by atoms with Gasteiger partial charge < -0.3 is 30.9 Å². The summed E-state index contributed by atoms with van der Waals surface area (Å²) in [5.74, 6) is 2.01. The average Bonchev–Trinajstić information content (AvgIpc) is 2.58. The minimum Gasteiger partial charge on any atom is -1.00 e. The molecule has 2 heterocycles. The largest absolute Gasteiger partial charge is 1.00 e. The van der Waals surface area contributed by atoms with E-state index in [0.717, 1.165) is 35.4 Å². The fourth-order valence-corrected chi connectivity index (χ4v) is 4.38. The third kappa shape index (κ3) is 2.62. The molecule has 3 nitrogen and oxygen atoms in total. The van der Waals surface area contributed by atoms with Crippen LogP contribution in [0.5, 0.6) is 11.5 Å². The van der Waals surface area contributed by atoms with Crippen molar-refractivity contribution >= 4 is 0 Å². The lowest BCUT2D eigenvalue weighted by Gasteiger charge is -2.49.